The van der Waals surface area contributed by atoms with Crippen LogP contribution in [0.15, 0.2) is 18.2 Å². The van der Waals surface area contributed by atoms with E-state index >= 15 is 0 Å². The smallest absolute Gasteiger partial charge is 0.325 e. The Bertz CT molecular complexity index is 452. The summed E-state index contributed by atoms with van der Waals surface area (Å²) in [5, 5.41) is 4.22. The number of rotatable bonds is 4. The lowest BCUT2D eigenvalue weighted by Crippen LogP contribution is -2.34. The van der Waals surface area contributed by atoms with Gasteiger partial charge in [0, 0.05) is 6.07 Å². The van der Waals surface area contributed by atoms with Gasteiger partial charge >= 0.3 is 12.0 Å². The van der Waals surface area contributed by atoms with Crippen LogP contribution in [0.25, 0.3) is 0 Å². The maximum Gasteiger partial charge on any atom is 0.325 e. The largest absolute Gasteiger partial charge is 0.465 e. The van der Waals surface area contributed by atoms with Gasteiger partial charge in [-0.05, 0) is 19.1 Å². The Balaban J connectivity index is 2.49. The van der Waals surface area contributed by atoms with Gasteiger partial charge in [-0.1, -0.05) is 0 Å². The van der Waals surface area contributed by atoms with Crippen LogP contribution in [-0.4, -0.2) is 25.2 Å². The summed E-state index contributed by atoms with van der Waals surface area (Å²) in [5.74, 6) is -2.08. The number of ether oxygens (including phenoxy) is 1. The van der Waals surface area contributed by atoms with Crippen molar-refractivity contribution in [3.05, 3.63) is 29.8 Å². The van der Waals surface area contributed by atoms with Crippen molar-refractivity contribution in [2.24, 2.45) is 0 Å². The molecule has 0 saturated heterocycles. The monoisotopic (exact) mass is 258 g/mol. The molecule has 5 nitrogen and oxygen atoms in total. The minimum atomic E-state index is -0.826. The third-order valence-electron chi connectivity index (χ3n) is 1.88. The second-order valence-electron chi connectivity index (χ2n) is 3.24. The Morgan fingerprint density at radius 1 is 1.33 bits per heavy atom. The van der Waals surface area contributed by atoms with Crippen molar-refractivity contribution in [1.29, 1.82) is 0 Å². The molecule has 2 N–H and O–H groups in total. The highest BCUT2D eigenvalue weighted by Crippen LogP contribution is 2.14. The average molecular weight is 258 g/mol. The fourth-order valence-corrected chi connectivity index (χ4v) is 1.12. The topological polar surface area (TPSA) is 67.4 Å². The van der Waals surface area contributed by atoms with E-state index in [-0.39, 0.29) is 18.8 Å². The summed E-state index contributed by atoms with van der Waals surface area (Å²) in [5.41, 5.74) is -0.309. The van der Waals surface area contributed by atoms with E-state index in [2.05, 4.69) is 15.4 Å². The summed E-state index contributed by atoms with van der Waals surface area (Å²) in [7, 11) is 0. The van der Waals surface area contributed by atoms with Crippen LogP contribution < -0.4 is 10.6 Å². The molecule has 0 aliphatic heterocycles. The molecule has 0 aliphatic carbocycles. The Labute approximate surface area is 102 Å². The molecule has 0 bridgehead atoms. The molecule has 0 heterocycles. The second-order valence-corrected chi connectivity index (χ2v) is 3.24. The number of nitrogens with one attached hydrogen (secondary N) is 2. The Morgan fingerprint density at radius 3 is 2.72 bits per heavy atom. The summed E-state index contributed by atoms with van der Waals surface area (Å²) in [6.45, 7) is 1.47. The van der Waals surface area contributed by atoms with Crippen molar-refractivity contribution in [3.8, 4) is 0 Å². The lowest BCUT2D eigenvalue weighted by atomic mass is 10.3. The first-order valence-corrected chi connectivity index (χ1v) is 5.18. The molecular weight excluding hydrogens is 246 g/mol. The van der Waals surface area contributed by atoms with Gasteiger partial charge in [0.1, 0.15) is 18.2 Å². The van der Waals surface area contributed by atoms with Gasteiger partial charge in [-0.25, -0.2) is 13.6 Å². The van der Waals surface area contributed by atoms with E-state index in [1.165, 1.54) is 0 Å². The predicted molar refractivity (Wildman–Crippen MR) is 60.0 cm³/mol. The maximum absolute atomic E-state index is 13.1. The van der Waals surface area contributed by atoms with Gasteiger partial charge in [0.25, 0.3) is 0 Å². The summed E-state index contributed by atoms with van der Waals surface area (Å²) < 4.78 is 30.5. The Morgan fingerprint density at radius 2 is 2.06 bits per heavy atom. The van der Waals surface area contributed by atoms with Crippen LogP contribution in [0.3, 0.4) is 0 Å². The van der Waals surface area contributed by atoms with E-state index in [1.807, 2.05) is 0 Å². The molecule has 0 radical (unpaired) electrons. The minimum Gasteiger partial charge on any atom is -0.465 e. The summed E-state index contributed by atoms with van der Waals surface area (Å²) >= 11 is 0. The zero-order valence-electron chi connectivity index (χ0n) is 9.63. The number of hydrogen-bond acceptors (Lipinski definition) is 3. The van der Waals surface area contributed by atoms with Gasteiger partial charge < -0.3 is 15.4 Å². The Kier molecular flexibility index (Phi) is 5.04. The number of benzene rings is 1. The maximum atomic E-state index is 13.1. The number of carbonyl (C=O) groups excluding carboxylic acids is 2. The van der Waals surface area contributed by atoms with Gasteiger partial charge in [-0.3, -0.25) is 4.79 Å². The highest BCUT2D eigenvalue weighted by molar-refractivity contribution is 5.91. The highest BCUT2D eigenvalue weighted by atomic mass is 19.1. The van der Waals surface area contributed by atoms with Gasteiger partial charge in [-0.2, -0.15) is 0 Å². The lowest BCUT2D eigenvalue weighted by molar-refractivity contribution is -0.141. The highest BCUT2D eigenvalue weighted by Gasteiger charge is 2.09. The third kappa shape index (κ3) is 4.36. The van der Waals surface area contributed by atoms with Crippen molar-refractivity contribution in [2.75, 3.05) is 18.5 Å². The van der Waals surface area contributed by atoms with Crippen LogP contribution in [0.1, 0.15) is 6.92 Å². The summed E-state index contributed by atoms with van der Waals surface area (Å²) in [4.78, 5) is 22.2. The van der Waals surface area contributed by atoms with Gasteiger partial charge in [0.2, 0.25) is 0 Å². The van der Waals surface area contributed by atoms with Gasteiger partial charge in [-0.15, -0.1) is 0 Å². The first kappa shape index (κ1) is 13.9. The summed E-state index contributed by atoms with van der Waals surface area (Å²) in [6, 6.07) is 1.82. The molecular formula is C11H12F2N2O3. The number of anilines is 1. The van der Waals surface area contributed by atoms with Crippen molar-refractivity contribution < 1.29 is 23.1 Å². The molecule has 0 fully saturated rings. The zero-order chi connectivity index (χ0) is 13.5. The number of halogens is 2. The minimum absolute atomic E-state index is 0.195. The van der Waals surface area contributed by atoms with E-state index in [0.717, 1.165) is 18.2 Å². The summed E-state index contributed by atoms with van der Waals surface area (Å²) in [6.07, 6.45) is 0. The number of urea groups is 1. The number of esters is 1. The van der Waals surface area contributed by atoms with Gasteiger partial charge in [0.05, 0.1) is 12.3 Å². The number of hydrogen-bond donors (Lipinski definition) is 2. The van der Waals surface area contributed by atoms with Crippen molar-refractivity contribution in [3.63, 3.8) is 0 Å². The molecule has 0 unspecified atom stereocenters. The molecule has 1 aromatic rings. The first-order chi connectivity index (χ1) is 8.52. The van der Waals surface area contributed by atoms with E-state index in [1.54, 1.807) is 6.92 Å². The molecule has 0 aromatic heterocycles. The standard InChI is InChI=1S/C11H12F2N2O3/c1-2-18-10(16)6-14-11(17)15-9-5-7(12)3-4-8(9)13/h3-5H,2,6H2,1H3,(H2,14,15,17). The van der Waals surface area contributed by atoms with Crippen LogP contribution in [0.5, 0.6) is 0 Å². The Hall–Kier alpha value is -2.18. The zero-order valence-corrected chi connectivity index (χ0v) is 9.63. The number of carbonyl (C=O) groups is 2. The lowest BCUT2D eigenvalue weighted by Gasteiger charge is -2.08. The van der Waals surface area contributed by atoms with Crippen LogP contribution in [0.4, 0.5) is 19.3 Å². The van der Waals surface area contributed by atoms with E-state index in [4.69, 9.17) is 0 Å². The molecule has 0 atom stereocenters. The molecule has 7 heteroatoms. The van der Waals surface area contributed by atoms with E-state index < -0.39 is 23.6 Å². The van der Waals surface area contributed by atoms with Crippen molar-refractivity contribution in [1.82, 2.24) is 5.32 Å². The third-order valence-corrected chi connectivity index (χ3v) is 1.88. The van der Waals surface area contributed by atoms with Crippen molar-refractivity contribution in [2.45, 2.75) is 6.92 Å². The van der Waals surface area contributed by atoms with Crippen molar-refractivity contribution >= 4 is 17.7 Å². The molecule has 0 saturated carbocycles. The molecule has 1 aromatic carbocycles. The predicted octanol–water partition coefficient (Wildman–Crippen LogP) is 1.65. The fourth-order valence-electron chi connectivity index (χ4n) is 1.12. The average Bonchev–Trinajstić information content (AvgIpc) is 2.32. The SMILES string of the molecule is CCOC(=O)CNC(=O)Nc1cc(F)ccc1F. The van der Waals surface area contributed by atoms with Crippen LogP contribution in [0.2, 0.25) is 0 Å². The normalized spacial score (nSPS) is 9.72. The van der Waals surface area contributed by atoms with Crippen LogP contribution in [-0.2, 0) is 9.53 Å². The molecule has 18 heavy (non-hydrogen) atoms. The molecule has 0 aliphatic rings. The van der Waals surface area contributed by atoms with E-state index in [9.17, 15) is 18.4 Å². The molecule has 98 valence electrons. The second kappa shape index (κ2) is 6.53. The van der Waals surface area contributed by atoms with Crippen LogP contribution in [0, 0.1) is 11.6 Å². The van der Waals surface area contributed by atoms with E-state index in [0.29, 0.717) is 0 Å². The first-order valence-electron chi connectivity index (χ1n) is 5.18. The van der Waals surface area contributed by atoms with Gasteiger partial charge in [0.15, 0.2) is 0 Å². The van der Waals surface area contributed by atoms with Crippen LogP contribution >= 0.6 is 0 Å². The fraction of sp³-hybridized carbons (Fsp3) is 0.273. The number of amides is 2. The quantitative estimate of drug-likeness (QED) is 0.807. The molecule has 0 spiro atoms. The molecule has 2 amide bonds. The molecule has 1 rings (SSSR count).